The number of aryl methyl sites for hydroxylation is 1. The van der Waals surface area contributed by atoms with Gasteiger partial charge in [-0.3, -0.25) is 15.8 Å². The summed E-state index contributed by atoms with van der Waals surface area (Å²) in [6.45, 7) is 1.97. The highest BCUT2D eigenvalue weighted by atomic mass is 15.2. The molecule has 0 spiro atoms. The van der Waals surface area contributed by atoms with Gasteiger partial charge < -0.3 is 0 Å². The van der Waals surface area contributed by atoms with E-state index in [0.29, 0.717) is 0 Å². The Bertz CT molecular complexity index is 722. The summed E-state index contributed by atoms with van der Waals surface area (Å²) in [5.74, 6) is 5.73. The first-order valence-corrected chi connectivity index (χ1v) is 6.51. The van der Waals surface area contributed by atoms with Gasteiger partial charge >= 0.3 is 0 Å². The van der Waals surface area contributed by atoms with Gasteiger partial charge in [-0.25, -0.2) is 5.43 Å². The smallest absolute Gasteiger partial charge is 0.0725 e. The maximum atomic E-state index is 5.73. The van der Waals surface area contributed by atoms with Crippen LogP contribution in [0, 0.1) is 6.92 Å². The summed E-state index contributed by atoms with van der Waals surface area (Å²) in [6, 6.07) is 14.1. The molecule has 4 nitrogen and oxygen atoms in total. The lowest BCUT2D eigenvalue weighted by molar-refractivity contribution is 0.635. The second kappa shape index (κ2) is 5.36. The molecule has 3 aromatic rings. The minimum atomic E-state index is -0.0762. The first-order valence-electron chi connectivity index (χ1n) is 6.51. The molecular formula is C16H16N4. The van der Waals surface area contributed by atoms with Crippen LogP contribution in [0.4, 0.5) is 0 Å². The van der Waals surface area contributed by atoms with Crippen LogP contribution in [0.3, 0.4) is 0 Å². The van der Waals surface area contributed by atoms with Gasteiger partial charge in [0.15, 0.2) is 0 Å². The molecule has 1 unspecified atom stereocenters. The molecule has 2 aromatic heterocycles. The standard InChI is InChI=1S/C16H16N4/c1-11-4-5-14(10-19-11)16(20-17)13-6-7-15-12(9-13)3-2-8-18-15/h2-10,16,20H,17H2,1H3. The summed E-state index contributed by atoms with van der Waals surface area (Å²) in [5, 5.41) is 1.10. The highest BCUT2D eigenvalue weighted by Crippen LogP contribution is 2.24. The fourth-order valence-electron chi connectivity index (χ4n) is 2.31. The van der Waals surface area contributed by atoms with E-state index >= 15 is 0 Å². The predicted octanol–water partition coefficient (Wildman–Crippen LogP) is 2.49. The highest BCUT2D eigenvalue weighted by molar-refractivity contribution is 5.79. The minimum absolute atomic E-state index is 0.0762. The lowest BCUT2D eigenvalue weighted by Gasteiger charge is -2.17. The van der Waals surface area contributed by atoms with Crippen LogP contribution in [-0.2, 0) is 0 Å². The first kappa shape index (κ1) is 12.7. The van der Waals surface area contributed by atoms with Crippen molar-refractivity contribution in [3.8, 4) is 0 Å². The van der Waals surface area contributed by atoms with E-state index in [1.165, 1.54) is 0 Å². The van der Waals surface area contributed by atoms with Crippen molar-refractivity contribution in [3.63, 3.8) is 0 Å². The van der Waals surface area contributed by atoms with Crippen molar-refractivity contribution in [2.24, 2.45) is 5.84 Å². The van der Waals surface area contributed by atoms with Crippen LogP contribution in [0.5, 0.6) is 0 Å². The number of hydrazine groups is 1. The molecule has 0 aliphatic rings. The van der Waals surface area contributed by atoms with Crippen LogP contribution in [0.1, 0.15) is 22.9 Å². The molecule has 100 valence electrons. The molecule has 0 saturated carbocycles. The lowest BCUT2D eigenvalue weighted by Crippen LogP contribution is -2.28. The lowest BCUT2D eigenvalue weighted by atomic mass is 9.99. The minimum Gasteiger partial charge on any atom is -0.271 e. The number of nitrogens with one attached hydrogen (secondary N) is 1. The Labute approximate surface area is 117 Å². The monoisotopic (exact) mass is 264 g/mol. The second-order valence-corrected chi connectivity index (χ2v) is 4.79. The third-order valence-electron chi connectivity index (χ3n) is 3.39. The van der Waals surface area contributed by atoms with E-state index in [1.54, 1.807) is 6.20 Å². The molecule has 0 saturated heterocycles. The van der Waals surface area contributed by atoms with Crippen LogP contribution in [-0.4, -0.2) is 9.97 Å². The van der Waals surface area contributed by atoms with Crippen molar-refractivity contribution in [1.29, 1.82) is 0 Å². The Morgan fingerprint density at radius 2 is 1.90 bits per heavy atom. The zero-order valence-electron chi connectivity index (χ0n) is 11.2. The van der Waals surface area contributed by atoms with Gasteiger partial charge in [0.25, 0.3) is 0 Å². The van der Waals surface area contributed by atoms with Crippen molar-refractivity contribution in [1.82, 2.24) is 15.4 Å². The Kier molecular flexibility index (Phi) is 3.41. The summed E-state index contributed by atoms with van der Waals surface area (Å²) >= 11 is 0. The summed E-state index contributed by atoms with van der Waals surface area (Å²) < 4.78 is 0. The van der Waals surface area contributed by atoms with Crippen molar-refractivity contribution >= 4 is 10.9 Å². The molecule has 4 heteroatoms. The molecule has 1 atom stereocenters. The maximum absolute atomic E-state index is 5.73. The van der Waals surface area contributed by atoms with Crippen molar-refractivity contribution in [2.75, 3.05) is 0 Å². The number of hydrogen-bond acceptors (Lipinski definition) is 4. The van der Waals surface area contributed by atoms with E-state index in [-0.39, 0.29) is 6.04 Å². The predicted molar refractivity (Wildman–Crippen MR) is 79.9 cm³/mol. The number of rotatable bonds is 3. The van der Waals surface area contributed by atoms with Crippen molar-refractivity contribution < 1.29 is 0 Å². The van der Waals surface area contributed by atoms with E-state index in [0.717, 1.165) is 27.7 Å². The molecule has 1 aromatic carbocycles. The van der Waals surface area contributed by atoms with Gasteiger partial charge in [-0.1, -0.05) is 18.2 Å². The second-order valence-electron chi connectivity index (χ2n) is 4.79. The van der Waals surface area contributed by atoms with Gasteiger partial charge in [-0.05, 0) is 42.3 Å². The quantitative estimate of drug-likeness (QED) is 0.563. The molecule has 2 heterocycles. The topological polar surface area (TPSA) is 63.8 Å². The molecule has 3 rings (SSSR count). The van der Waals surface area contributed by atoms with Crippen molar-refractivity contribution in [2.45, 2.75) is 13.0 Å². The number of hydrogen-bond donors (Lipinski definition) is 2. The molecule has 20 heavy (non-hydrogen) atoms. The van der Waals surface area contributed by atoms with E-state index in [4.69, 9.17) is 5.84 Å². The molecule has 0 fully saturated rings. The Morgan fingerprint density at radius 3 is 2.65 bits per heavy atom. The van der Waals surface area contributed by atoms with Gasteiger partial charge in [0, 0.05) is 23.5 Å². The van der Waals surface area contributed by atoms with Gasteiger partial charge in [-0.15, -0.1) is 0 Å². The summed E-state index contributed by atoms with van der Waals surface area (Å²) in [6.07, 6.45) is 3.65. The number of fused-ring (bicyclic) bond motifs is 1. The van der Waals surface area contributed by atoms with Crippen LogP contribution in [0.25, 0.3) is 10.9 Å². The van der Waals surface area contributed by atoms with E-state index in [1.807, 2.05) is 49.5 Å². The van der Waals surface area contributed by atoms with Gasteiger partial charge in [0.05, 0.1) is 11.6 Å². The Hall–Kier alpha value is -2.30. The SMILES string of the molecule is Cc1ccc(C(NN)c2ccc3ncccc3c2)cn1. The first-order chi connectivity index (χ1) is 9.78. The highest BCUT2D eigenvalue weighted by Gasteiger charge is 2.13. The normalized spacial score (nSPS) is 12.5. The fraction of sp³-hybridized carbons (Fsp3) is 0.125. The Morgan fingerprint density at radius 1 is 1.05 bits per heavy atom. The van der Waals surface area contributed by atoms with Crippen LogP contribution < -0.4 is 11.3 Å². The van der Waals surface area contributed by atoms with Gasteiger partial charge in [0.1, 0.15) is 0 Å². The van der Waals surface area contributed by atoms with Gasteiger partial charge in [0.2, 0.25) is 0 Å². The molecule has 0 radical (unpaired) electrons. The van der Waals surface area contributed by atoms with E-state index in [9.17, 15) is 0 Å². The van der Waals surface area contributed by atoms with E-state index < -0.39 is 0 Å². The summed E-state index contributed by atoms with van der Waals surface area (Å²) in [4.78, 5) is 8.66. The summed E-state index contributed by atoms with van der Waals surface area (Å²) in [5.41, 5.74) is 6.97. The third kappa shape index (κ3) is 2.39. The Balaban J connectivity index is 2.04. The van der Waals surface area contributed by atoms with Crippen molar-refractivity contribution in [3.05, 3.63) is 71.7 Å². The molecule has 0 aliphatic carbocycles. The van der Waals surface area contributed by atoms with Crippen LogP contribution >= 0.6 is 0 Å². The zero-order valence-corrected chi connectivity index (χ0v) is 11.2. The number of pyridine rings is 2. The molecular weight excluding hydrogens is 248 g/mol. The van der Waals surface area contributed by atoms with Gasteiger partial charge in [-0.2, -0.15) is 0 Å². The number of aromatic nitrogens is 2. The number of nitrogens with zero attached hydrogens (tertiary/aromatic N) is 2. The number of nitrogens with two attached hydrogens (primary N) is 1. The number of benzene rings is 1. The molecule has 3 N–H and O–H groups in total. The average Bonchev–Trinajstić information content (AvgIpc) is 2.50. The van der Waals surface area contributed by atoms with Crippen LogP contribution in [0.15, 0.2) is 54.9 Å². The zero-order chi connectivity index (χ0) is 13.9. The maximum Gasteiger partial charge on any atom is 0.0725 e. The molecule has 0 bridgehead atoms. The third-order valence-corrected chi connectivity index (χ3v) is 3.39. The summed E-state index contributed by atoms with van der Waals surface area (Å²) in [7, 11) is 0. The van der Waals surface area contributed by atoms with E-state index in [2.05, 4.69) is 21.5 Å². The molecule has 0 amide bonds. The molecule has 0 aliphatic heterocycles. The average molecular weight is 264 g/mol. The fourth-order valence-corrected chi connectivity index (χ4v) is 2.31. The van der Waals surface area contributed by atoms with Crippen LogP contribution in [0.2, 0.25) is 0 Å². The largest absolute Gasteiger partial charge is 0.271 e.